The number of nitrogens with one attached hydrogen (secondary N) is 1. The zero-order valence-corrected chi connectivity index (χ0v) is 12.5. The van der Waals surface area contributed by atoms with Gasteiger partial charge in [0.1, 0.15) is 0 Å². The zero-order chi connectivity index (χ0) is 14.1. The van der Waals surface area contributed by atoms with Crippen molar-refractivity contribution in [2.45, 2.75) is 26.7 Å². The molecule has 2 nitrogen and oxygen atoms in total. The zero-order valence-electron chi connectivity index (χ0n) is 12.5. The number of hydrogen-bond donors (Lipinski definition) is 1. The third-order valence-corrected chi connectivity index (χ3v) is 4.13. The number of fused-ring (bicyclic) bond motifs is 1. The molecule has 0 fully saturated rings. The van der Waals surface area contributed by atoms with Gasteiger partial charge in [0.2, 0.25) is 0 Å². The minimum Gasteiger partial charge on any atom is -0.385 e. The lowest BCUT2D eigenvalue weighted by molar-refractivity contribution is 0.830. The summed E-state index contributed by atoms with van der Waals surface area (Å²) in [6.45, 7) is 5.42. The molecular formula is C18H22N2. The Hall–Kier alpha value is -1.96. The molecule has 0 unspecified atom stereocenters. The van der Waals surface area contributed by atoms with E-state index in [9.17, 15) is 0 Å². The summed E-state index contributed by atoms with van der Waals surface area (Å²) in [7, 11) is 2.15. The molecule has 1 aliphatic rings. The summed E-state index contributed by atoms with van der Waals surface area (Å²) < 4.78 is 0. The van der Waals surface area contributed by atoms with Gasteiger partial charge in [-0.2, -0.15) is 0 Å². The van der Waals surface area contributed by atoms with E-state index in [4.69, 9.17) is 0 Å². The van der Waals surface area contributed by atoms with Crippen molar-refractivity contribution < 1.29 is 0 Å². The molecule has 2 heteroatoms. The van der Waals surface area contributed by atoms with Gasteiger partial charge in [0, 0.05) is 30.7 Å². The highest BCUT2D eigenvalue weighted by Gasteiger charge is 2.12. The predicted octanol–water partition coefficient (Wildman–Crippen LogP) is 4.43. The standard InChI is InChI=1S/C18H22N2/c1-13-6-9-18(14(2)11-13)20(3)16-7-8-17-15(12-16)5-4-10-19-17/h6-9,11-12,19H,4-5,10H2,1-3H3. The Morgan fingerprint density at radius 2 is 1.90 bits per heavy atom. The Labute approximate surface area is 121 Å². The van der Waals surface area contributed by atoms with Crippen LogP contribution in [-0.2, 0) is 6.42 Å². The molecule has 0 aliphatic carbocycles. The maximum absolute atomic E-state index is 3.47. The highest BCUT2D eigenvalue weighted by atomic mass is 15.1. The van der Waals surface area contributed by atoms with Gasteiger partial charge >= 0.3 is 0 Å². The minimum atomic E-state index is 1.10. The number of hydrogen-bond acceptors (Lipinski definition) is 2. The SMILES string of the molecule is Cc1ccc(N(C)c2ccc3c(c2)CCCN3)c(C)c1. The molecule has 0 amide bonds. The van der Waals surface area contributed by atoms with Crippen LogP contribution in [0, 0.1) is 13.8 Å². The molecule has 0 atom stereocenters. The van der Waals surface area contributed by atoms with E-state index < -0.39 is 0 Å². The first-order chi connectivity index (χ1) is 9.65. The van der Waals surface area contributed by atoms with Crippen molar-refractivity contribution in [3.05, 3.63) is 53.1 Å². The van der Waals surface area contributed by atoms with E-state index in [2.05, 4.69) is 67.5 Å². The first-order valence-electron chi connectivity index (χ1n) is 7.33. The largest absolute Gasteiger partial charge is 0.385 e. The van der Waals surface area contributed by atoms with E-state index in [-0.39, 0.29) is 0 Å². The molecule has 104 valence electrons. The first-order valence-corrected chi connectivity index (χ1v) is 7.33. The molecule has 0 saturated heterocycles. The summed E-state index contributed by atoms with van der Waals surface area (Å²) in [5.74, 6) is 0. The minimum absolute atomic E-state index is 1.10. The smallest absolute Gasteiger partial charge is 0.0437 e. The van der Waals surface area contributed by atoms with Crippen LogP contribution in [0.5, 0.6) is 0 Å². The highest BCUT2D eigenvalue weighted by molar-refractivity contribution is 5.69. The lowest BCUT2D eigenvalue weighted by Gasteiger charge is -2.25. The summed E-state index contributed by atoms with van der Waals surface area (Å²) in [4.78, 5) is 2.28. The number of rotatable bonds is 2. The van der Waals surface area contributed by atoms with E-state index in [0.717, 1.165) is 6.54 Å². The predicted molar refractivity (Wildman–Crippen MR) is 87.2 cm³/mol. The van der Waals surface area contributed by atoms with Gasteiger partial charge in [0.25, 0.3) is 0 Å². The van der Waals surface area contributed by atoms with Crippen LogP contribution in [0.3, 0.4) is 0 Å². The van der Waals surface area contributed by atoms with Crippen molar-refractivity contribution >= 4 is 17.1 Å². The highest BCUT2D eigenvalue weighted by Crippen LogP contribution is 2.31. The van der Waals surface area contributed by atoms with Crippen molar-refractivity contribution in [1.82, 2.24) is 0 Å². The monoisotopic (exact) mass is 266 g/mol. The maximum atomic E-state index is 3.47. The fourth-order valence-electron chi connectivity index (χ4n) is 2.99. The van der Waals surface area contributed by atoms with Crippen molar-refractivity contribution in [3.63, 3.8) is 0 Å². The molecular weight excluding hydrogens is 244 g/mol. The second-order valence-electron chi connectivity index (χ2n) is 5.72. The molecule has 0 radical (unpaired) electrons. The fourth-order valence-corrected chi connectivity index (χ4v) is 2.99. The Bertz CT molecular complexity index is 631. The number of nitrogens with zero attached hydrogens (tertiary/aromatic N) is 1. The lowest BCUT2D eigenvalue weighted by Crippen LogP contribution is -2.14. The van der Waals surface area contributed by atoms with E-state index in [1.54, 1.807) is 0 Å². The topological polar surface area (TPSA) is 15.3 Å². The van der Waals surface area contributed by atoms with Crippen molar-refractivity contribution in [2.24, 2.45) is 0 Å². The quantitative estimate of drug-likeness (QED) is 0.865. The summed E-state index contributed by atoms with van der Waals surface area (Å²) in [5, 5.41) is 3.47. The Morgan fingerprint density at radius 3 is 2.70 bits per heavy atom. The average Bonchev–Trinajstić information content (AvgIpc) is 2.46. The third-order valence-electron chi connectivity index (χ3n) is 4.13. The van der Waals surface area contributed by atoms with E-state index in [1.807, 2.05) is 0 Å². The van der Waals surface area contributed by atoms with E-state index >= 15 is 0 Å². The van der Waals surface area contributed by atoms with Gasteiger partial charge in [-0.15, -0.1) is 0 Å². The van der Waals surface area contributed by atoms with Gasteiger partial charge in [-0.3, -0.25) is 0 Å². The molecule has 1 heterocycles. The number of benzene rings is 2. The maximum Gasteiger partial charge on any atom is 0.0437 e. The van der Waals surface area contributed by atoms with Gasteiger partial charge in [0.15, 0.2) is 0 Å². The summed E-state index contributed by atoms with van der Waals surface area (Å²) in [6.07, 6.45) is 2.40. The number of aryl methyl sites for hydroxylation is 3. The van der Waals surface area contributed by atoms with Gasteiger partial charge in [-0.1, -0.05) is 17.7 Å². The van der Waals surface area contributed by atoms with E-state index in [1.165, 1.54) is 46.6 Å². The molecule has 20 heavy (non-hydrogen) atoms. The normalized spacial score (nSPS) is 13.6. The third kappa shape index (κ3) is 2.38. The molecule has 0 spiro atoms. The van der Waals surface area contributed by atoms with Gasteiger partial charge in [-0.05, 0) is 62.1 Å². The van der Waals surface area contributed by atoms with Crippen LogP contribution in [0.4, 0.5) is 17.1 Å². The molecule has 1 N–H and O–H groups in total. The van der Waals surface area contributed by atoms with Crippen LogP contribution < -0.4 is 10.2 Å². The second kappa shape index (κ2) is 5.20. The van der Waals surface area contributed by atoms with Gasteiger partial charge in [-0.25, -0.2) is 0 Å². The number of anilines is 3. The molecule has 3 rings (SSSR count). The first kappa shape index (κ1) is 13.0. The molecule has 1 aliphatic heterocycles. The molecule has 2 aromatic rings. The van der Waals surface area contributed by atoms with Crippen LogP contribution in [0.15, 0.2) is 36.4 Å². The molecule has 0 bridgehead atoms. The van der Waals surface area contributed by atoms with Gasteiger partial charge in [0.05, 0.1) is 0 Å². The molecule has 2 aromatic carbocycles. The Morgan fingerprint density at radius 1 is 1.05 bits per heavy atom. The van der Waals surface area contributed by atoms with Crippen LogP contribution in [0.25, 0.3) is 0 Å². The van der Waals surface area contributed by atoms with Crippen molar-refractivity contribution in [2.75, 3.05) is 23.8 Å². The van der Waals surface area contributed by atoms with E-state index in [0.29, 0.717) is 0 Å². The Balaban J connectivity index is 1.95. The van der Waals surface area contributed by atoms with Crippen LogP contribution in [0.2, 0.25) is 0 Å². The van der Waals surface area contributed by atoms with Crippen molar-refractivity contribution in [1.29, 1.82) is 0 Å². The van der Waals surface area contributed by atoms with Gasteiger partial charge < -0.3 is 10.2 Å². The lowest BCUT2D eigenvalue weighted by atomic mass is 10.0. The van der Waals surface area contributed by atoms with Crippen LogP contribution in [-0.4, -0.2) is 13.6 Å². The summed E-state index contributed by atoms with van der Waals surface area (Å²) in [5.41, 5.74) is 7.91. The fraction of sp³-hybridized carbons (Fsp3) is 0.333. The average molecular weight is 266 g/mol. The second-order valence-corrected chi connectivity index (χ2v) is 5.72. The molecule has 0 aromatic heterocycles. The Kier molecular flexibility index (Phi) is 3.39. The van der Waals surface area contributed by atoms with Crippen molar-refractivity contribution in [3.8, 4) is 0 Å². The van der Waals surface area contributed by atoms with Crippen LogP contribution in [0.1, 0.15) is 23.1 Å². The van der Waals surface area contributed by atoms with Crippen LogP contribution >= 0.6 is 0 Å². The summed E-state index contributed by atoms with van der Waals surface area (Å²) in [6, 6.07) is 13.4. The summed E-state index contributed by atoms with van der Waals surface area (Å²) >= 11 is 0. The molecule has 0 saturated carbocycles.